The zero-order valence-electron chi connectivity index (χ0n) is 7.95. The number of nitrogens with zero attached hydrogens (tertiary/aromatic N) is 6. The van der Waals surface area contributed by atoms with Crippen LogP contribution in [0.1, 0.15) is 0 Å². The van der Waals surface area contributed by atoms with Crippen molar-refractivity contribution < 1.29 is 26.3 Å². The monoisotopic (exact) mass is 270 g/mol. The average molecular weight is 270 g/mol. The Bertz CT molecular complexity index is 479. The molecule has 0 N–H and O–H groups in total. The Kier molecular flexibility index (Phi) is 4.39. The van der Waals surface area contributed by atoms with Crippen LogP contribution in [0.2, 0.25) is 0 Å². The summed E-state index contributed by atoms with van der Waals surface area (Å²) in [7, 11) is 0. The molecule has 0 aliphatic rings. The molecule has 0 amide bonds. The fraction of sp³-hybridized carbons (Fsp3) is 0. The second-order valence-corrected chi connectivity index (χ2v) is 2.33. The van der Waals surface area contributed by atoms with Gasteiger partial charge in [-0.15, -0.1) is 0 Å². The summed E-state index contributed by atoms with van der Waals surface area (Å²) in [6.45, 7) is 0. The summed E-state index contributed by atoms with van der Waals surface area (Å²) in [5.74, 6) is -4.87. The Morgan fingerprint density at radius 1 is 0.556 bits per heavy atom. The van der Waals surface area contributed by atoms with Gasteiger partial charge in [0.25, 0.3) is 11.9 Å². The summed E-state index contributed by atoms with van der Waals surface area (Å²) in [5, 5.41) is 7.55. The molecule has 6 nitrogen and oxygen atoms in total. The molecule has 0 bridgehead atoms. The van der Waals surface area contributed by atoms with Crippen LogP contribution in [0.25, 0.3) is 0 Å². The van der Waals surface area contributed by atoms with Gasteiger partial charge in [-0.25, -0.2) is 0 Å². The predicted octanol–water partition coefficient (Wildman–Crippen LogP) is 0.578. The molecule has 0 atom stereocenters. The SMILES string of the molecule is Fc1nc(F)nc(F)n1.Fc1nnnc(F)c1F. The van der Waals surface area contributed by atoms with E-state index in [0.29, 0.717) is 0 Å². The lowest BCUT2D eigenvalue weighted by molar-refractivity contribution is 0.382. The topological polar surface area (TPSA) is 77.3 Å². The van der Waals surface area contributed by atoms with Crippen LogP contribution < -0.4 is 0 Å². The highest BCUT2D eigenvalue weighted by Gasteiger charge is 2.09. The maximum atomic E-state index is 11.8. The third-order valence-corrected chi connectivity index (χ3v) is 1.18. The minimum absolute atomic E-state index is 1.46. The fourth-order valence-electron chi connectivity index (χ4n) is 0.577. The average Bonchev–Trinajstić information content (AvgIpc) is 2.24. The van der Waals surface area contributed by atoms with Gasteiger partial charge in [-0.3, -0.25) is 0 Å². The van der Waals surface area contributed by atoms with Crippen LogP contribution in [0, 0.1) is 35.9 Å². The van der Waals surface area contributed by atoms with Crippen LogP contribution in [0.4, 0.5) is 26.3 Å². The molecule has 0 radical (unpaired) electrons. The molecule has 2 rings (SSSR count). The Labute approximate surface area is 93.7 Å². The number of hydrogen-bond acceptors (Lipinski definition) is 6. The van der Waals surface area contributed by atoms with Crippen molar-refractivity contribution in [2.75, 3.05) is 0 Å². The molecule has 0 saturated heterocycles. The summed E-state index contributed by atoms with van der Waals surface area (Å²) in [6.07, 6.45) is -4.38. The number of halogens is 6. The molecule has 2 aromatic heterocycles. The van der Waals surface area contributed by atoms with Gasteiger partial charge in [0.05, 0.1) is 0 Å². The van der Waals surface area contributed by atoms with E-state index in [1.54, 1.807) is 0 Å². The Hall–Kier alpha value is -2.40. The first kappa shape index (κ1) is 13.7. The molecule has 96 valence electrons. The van der Waals surface area contributed by atoms with Crippen molar-refractivity contribution >= 4 is 0 Å². The summed E-state index contributed by atoms with van der Waals surface area (Å²) >= 11 is 0. The van der Waals surface area contributed by atoms with E-state index in [-0.39, 0.29) is 0 Å². The summed E-state index contributed by atoms with van der Waals surface area (Å²) in [6, 6.07) is 0. The lowest BCUT2D eigenvalue weighted by Gasteiger charge is -1.86. The summed E-state index contributed by atoms with van der Waals surface area (Å²) in [5.41, 5.74) is 0. The van der Waals surface area contributed by atoms with Crippen molar-refractivity contribution in [2.45, 2.75) is 0 Å². The van der Waals surface area contributed by atoms with Crippen molar-refractivity contribution in [3.63, 3.8) is 0 Å². The Morgan fingerprint density at radius 3 is 1.17 bits per heavy atom. The quantitative estimate of drug-likeness (QED) is 0.651. The first-order chi connectivity index (χ1) is 8.40. The zero-order valence-corrected chi connectivity index (χ0v) is 7.95. The van der Waals surface area contributed by atoms with E-state index in [9.17, 15) is 26.3 Å². The van der Waals surface area contributed by atoms with Crippen molar-refractivity contribution in [3.8, 4) is 0 Å². The van der Waals surface area contributed by atoms with E-state index < -0.39 is 35.9 Å². The Morgan fingerprint density at radius 2 is 0.889 bits per heavy atom. The van der Waals surface area contributed by atoms with Crippen molar-refractivity contribution in [2.24, 2.45) is 0 Å². The van der Waals surface area contributed by atoms with Gasteiger partial charge in [-0.05, 0) is 5.21 Å². The smallest absolute Gasteiger partial charge is 0.197 e. The standard InChI is InChI=1S/2C3F3N3/c4-1-7-2(5)9-3(6)8-1;4-1-2(5)7-9-8-3(1)6. The molecule has 0 aliphatic heterocycles. The van der Waals surface area contributed by atoms with Gasteiger partial charge < -0.3 is 0 Å². The van der Waals surface area contributed by atoms with Crippen LogP contribution >= 0.6 is 0 Å². The highest BCUT2D eigenvalue weighted by molar-refractivity contribution is 4.85. The van der Waals surface area contributed by atoms with Crippen molar-refractivity contribution in [3.05, 3.63) is 35.9 Å². The number of hydrogen-bond donors (Lipinski definition) is 0. The van der Waals surface area contributed by atoms with Crippen LogP contribution in [0.3, 0.4) is 0 Å². The van der Waals surface area contributed by atoms with E-state index >= 15 is 0 Å². The molecule has 12 heteroatoms. The zero-order chi connectivity index (χ0) is 13.7. The molecule has 0 aliphatic carbocycles. The van der Waals surface area contributed by atoms with Gasteiger partial charge in [0.2, 0.25) is 5.82 Å². The van der Waals surface area contributed by atoms with Gasteiger partial charge in [0.1, 0.15) is 0 Å². The molecule has 0 unspecified atom stereocenters. The predicted molar refractivity (Wildman–Crippen MR) is 39.4 cm³/mol. The summed E-state index contributed by atoms with van der Waals surface area (Å²) < 4.78 is 70.4. The molecular formula is C6F6N6. The van der Waals surface area contributed by atoms with Crippen molar-refractivity contribution in [1.82, 2.24) is 30.4 Å². The van der Waals surface area contributed by atoms with E-state index in [1.807, 2.05) is 0 Å². The maximum Gasteiger partial charge on any atom is 0.316 e. The van der Waals surface area contributed by atoms with Gasteiger partial charge in [0, 0.05) is 0 Å². The molecule has 2 heterocycles. The first-order valence-corrected chi connectivity index (χ1v) is 3.82. The van der Waals surface area contributed by atoms with Gasteiger partial charge >= 0.3 is 18.2 Å². The second-order valence-electron chi connectivity index (χ2n) is 2.33. The van der Waals surface area contributed by atoms with Crippen LogP contribution in [0.5, 0.6) is 0 Å². The number of aromatic nitrogens is 6. The Balaban J connectivity index is 0.000000180. The molecule has 0 fully saturated rings. The van der Waals surface area contributed by atoms with E-state index in [4.69, 9.17) is 0 Å². The van der Waals surface area contributed by atoms with E-state index in [1.165, 1.54) is 0 Å². The minimum Gasteiger partial charge on any atom is -0.197 e. The summed E-state index contributed by atoms with van der Waals surface area (Å²) in [4.78, 5) is 7.32. The minimum atomic E-state index is -1.70. The van der Waals surface area contributed by atoms with Gasteiger partial charge in [-0.2, -0.15) is 41.3 Å². The fourth-order valence-corrected chi connectivity index (χ4v) is 0.577. The van der Waals surface area contributed by atoms with Crippen LogP contribution in [-0.2, 0) is 0 Å². The van der Waals surface area contributed by atoms with Crippen molar-refractivity contribution in [1.29, 1.82) is 0 Å². The van der Waals surface area contributed by atoms with E-state index in [2.05, 4.69) is 30.4 Å². The molecule has 0 spiro atoms. The van der Waals surface area contributed by atoms with Crippen LogP contribution in [-0.4, -0.2) is 30.4 Å². The molecular weight excluding hydrogens is 270 g/mol. The largest absolute Gasteiger partial charge is 0.316 e. The third-order valence-electron chi connectivity index (χ3n) is 1.18. The van der Waals surface area contributed by atoms with Gasteiger partial charge in [-0.1, -0.05) is 10.2 Å². The normalized spacial score (nSPS) is 9.67. The first-order valence-electron chi connectivity index (χ1n) is 3.82. The lowest BCUT2D eigenvalue weighted by Crippen LogP contribution is -2.00. The molecule has 0 aromatic carbocycles. The maximum absolute atomic E-state index is 11.8. The molecule has 0 saturated carbocycles. The molecule has 2 aromatic rings. The van der Waals surface area contributed by atoms with Crippen LogP contribution in [0.15, 0.2) is 0 Å². The lowest BCUT2D eigenvalue weighted by atomic mass is 10.6. The second kappa shape index (κ2) is 5.79. The van der Waals surface area contributed by atoms with Gasteiger partial charge in [0.15, 0.2) is 0 Å². The highest BCUT2D eigenvalue weighted by atomic mass is 19.2. The number of rotatable bonds is 0. The highest BCUT2D eigenvalue weighted by Crippen LogP contribution is 2.00. The van der Waals surface area contributed by atoms with E-state index in [0.717, 1.165) is 0 Å². The molecule has 18 heavy (non-hydrogen) atoms. The third kappa shape index (κ3) is 3.88.